The molecule has 1 aliphatic carbocycles. The van der Waals surface area contributed by atoms with Crippen LogP contribution in [0.15, 0.2) is 54.6 Å². The van der Waals surface area contributed by atoms with Gasteiger partial charge in [0.2, 0.25) is 0 Å². The molecule has 3 N–H and O–H groups in total. The van der Waals surface area contributed by atoms with Crippen LogP contribution in [0.1, 0.15) is 33.9 Å². The van der Waals surface area contributed by atoms with Gasteiger partial charge in [-0.25, -0.2) is 0 Å². The van der Waals surface area contributed by atoms with Gasteiger partial charge in [0.25, 0.3) is 5.91 Å². The van der Waals surface area contributed by atoms with Crippen molar-refractivity contribution in [2.75, 3.05) is 0 Å². The minimum absolute atomic E-state index is 0.222. The Bertz CT molecular complexity index is 718. The second-order valence-corrected chi connectivity index (χ2v) is 5.98. The molecule has 0 spiro atoms. The molecule has 2 aromatic carbocycles. The van der Waals surface area contributed by atoms with Crippen LogP contribution < -0.4 is 10.6 Å². The van der Waals surface area contributed by atoms with Gasteiger partial charge in [0.15, 0.2) is 5.11 Å². The third-order valence-corrected chi connectivity index (χ3v) is 4.25. The van der Waals surface area contributed by atoms with E-state index >= 15 is 0 Å². The van der Waals surface area contributed by atoms with Crippen molar-refractivity contribution in [1.82, 2.24) is 10.6 Å². The van der Waals surface area contributed by atoms with Gasteiger partial charge in [-0.15, -0.1) is 0 Å². The lowest BCUT2D eigenvalue weighted by Gasteiger charge is -2.31. The normalized spacial score (nSPS) is 19.5. The van der Waals surface area contributed by atoms with Crippen LogP contribution in [0.5, 0.6) is 0 Å². The molecule has 118 valence electrons. The summed E-state index contributed by atoms with van der Waals surface area (Å²) in [5, 5.41) is 16.2. The van der Waals surface area contributed by atoms with Gasteiger partial charge < -0.3 is 10.4 Å². The van der Waals surface area contributed by atoms with Crippen LogP contribution in [0.25, 0.3) is 0 Å². The van der Waals surface area contributed by atoms with Crippen molar-refractivity contribution in [2.24, 2.45) is 0 Å². The SMILES string of the molecule is O=C(NC(=S)NC1c2ccccc2CCC1O)c1ccccc1. The first-order valence-electron chi connectivity index (χ1n) is 7.58. The van der Waals surface area contributed by atoms with Crippen LogP contribution in [-0.4, -0.2) is 22.2 Å². The number of aryl methyl sites for hydroxylation is 1. The Labute approximate surface area is 140 Å². The van der Waals surface area contributed by atoms with Gasteiger partial charge in [-0.05, 0) is 48.3 Å². The number of hydrogen-bond donors (Lipinski definition) is 3. The number of benzene rings is 2. The van der Waals surface area contributed by atoms with Gasteiger partial charge in [0, 0.05) is 5.56 Å². The van der Waals surface area contributed by atoms with Crippen LogP contribution >= 0.6 is 12.2 Å². The summed E-state index contributed by atoms with van der Waals surface area (Å²) in [6.07, 6.45) is 0.985. The van der Waals surface area contributed by atoms with Crippen molar-refractivity contribution in [3.63, 3.8) is 0 Å². The predicted molar refractivity (Wildman–Crippen MR) is 93.2 cm³/mol. The number of carbonyl (C=O) groups is 1. The van der Waals surface area contributed by atoms with Crippen molar-refractivity contribution in [3.05, 3.63) is 71.3 Å². The maximum Gasteiger partial charge on any atom is 0.257 e. The fourth-order valence-corrected chi connectivity index (χ4v) is 3.08. The van der Waals surface area contributed by atoms with E-state index in [1.165, 1.54) is 5.56 Å². The van der Waals surface area contributed by atoms with Crippen LogP contribution in [0.2, 0.25) is 0 Å². The standard InChI is InChI=1S/C18H18N2O2S/c21-15-11-10-12-6-4-5-9-14(12)16(15)19-18(23)20-17(22)13-7-2-1-3-8-13/h1-9,15-16,21H,10-11H2,(H2,19,20,22,23). The van der Waals surface area contributed by atoms with E-state index in [1.807, 2.05) is 24.3 Å². The molecule has 0 aromatic heterocycles. The quantitative estimate of drug-likeness (QED) is 0.742. The van der Waals surface area contributed by atoms with Crippen LogP contribution in [0.3, 0.4) is 0 Å². The Morgan fingerprint density at radius 2 is 1.78 bits per heavy atom. The first-order chi connectivity index (χ1) is 11.1. The molecule has 0 bridgehead atoms. The molecule has 1 amide bonds. The minimum Gasteiger partial charge on any atom is -0.391 e. The lowest BCUT2D eigenvalue weighted by Crippen LogP contribution is -2.45. The summed E-state index contributed by atoms with van der Waals surface area (Å²) in [4.78, 5) is 12.1. The zero-order valence-corrected chi connectivity index (χ0v) is 13.3. The first-order valence-corrected chi connectivity index (χ1v) is 7.99. The summed E-state index contributed by atoms with van der Waals surface area (Å²) in [6.45, 7) is 0. The maximum atomic E-state index is 12.1. The number of rotatable bonds is 2. The van der Waals surface area contributed by atoms with E-state index in [9.17, 15) is 9.90 Å². The van der Waals surface area contributed by atoms with Crippen molar-refractivity contribution in [3.8, 4) is 0 Å². The minimum atomic E-state index is -0.531. The zero-order chi connectivity index (χ0) is 16.2. The number of hydrogen-bond acceptors (Lipinski definition) is 3. The molecule has 0 fully saturated rings. The highest BCUT2D eigenvalue weighted by Crippen LogP contribution is 2.29. The molecule has 23 heavy (non-hydrogen) atoms. The Hall–Kier alpha value is -2.24. The Morgan fingerprint density at radius 1 is 1.09 bits per heavy atom. The van der Waals surface area contributed by atoms with E-state index in [1.54, 1.807) is 24.3 Å². The average molecular weight is 326 g/mol. The zero-order valence-electron chi connectivity index (χ0n) is 12.5. The molecule has 0 aliphatic heterocycles. The molecule has 2 aromatic rings. The molecule has 4 nitrogen and oxygen atoms in total. The van der Waals surface area contributed by atoms with Crippen molar-refractivity contribution >= 4 is 23.2 Å². The summed E-state index contributed by atoms with van der Waals surface area (Å²) in [5.41, 5.74) is 2.77. The molecule has 0 saturated carbocycles. The van der Waals surface area contributed by atoms with Crippen LogP contribution in [0.4, 0.5) is 0 Å². The Balaban J connectivity index is 1.69. The van der Waals surface area contributed by atoms with E-state index in [0.717, 1.165) is 12.0 Å². The molecule has 0 radical (unpaired) electrons. The van der Waals surface area contributed by atoms with E-state index in [-0.39, 0.29) is 17.1 Å². The van der Waals surface area contributed by atoms with Crippen molar-refractivity contribution in [1.29, 1.82) is 0 Å². The molecule has 2 atom stereocenters. The molecular weight excluding hydrogens is 308 g/mol. The Kier molecular flexibility index (Phi) is 4.69. The highest BCUT2D eigenvalue weighted by atomic mass is 32.1. The second-order valence-electron chi connectivity index (χ2n) is 5.58. The number of fused-ring (bicyclic) bond motifs is 1. The summed E-state index contributed by atoms with van der Waals surface area (Å²) >= 11 is 5.24. The third-order valence-electron chi connectivity index (χ3n) is 4.03. The number of thiocarbonyl (C=S) groups is 1. The van der Waals surface area contributed by atoms with Crippen LogP contribution in [0, 0.1) is 0 Å². The van der Waals surface area contributed by atoms with Crippen molar-refractivity contribution in [2.45, 2.75) is 25.0 Å². The molecule has 2 unspecified atom stereocenters. The van der Waals surface area contributed by atoms with Crippen molar-refractivity contribution < 1.29 is 9.90 Å². The molecule has 0 heterocycles. The number of amides is 1. The highest BCUT2D eigenvalue weighted by molar-refractivity contribution is 7.80. The smallest absolute Gasteiger partial charge is 0.257 e. The van der Waals surface area contributed by atoms with Crippen LogP contribution in [-0.2, 0) is 6.42 Å². The van der Waals surface area contributed by atoms with E-state index < -0.39 is 6.10 Å². The third kappa shape index (κ3) is 3.57. The topological polar surface area (TPSA) is 61.4 Å². The monoisotopic (exact) mass is 326 g/mol. The van der Waals surface area contributed by atoms with Gasteiger partial charge in [-0.3, -0.25) is 10.1 Å². The summed E-state index contributed by atoms with van der Waals surface area (Å²) in [6, 6.07) is 16.6. The fraction of sp³-hybridized carbons (Fsp3) is 0.222. The van der Waals surface area contributed by atoms with Gasteiger partial charge >= 0.3 is 0 Å². The molecular formula is C18H18N2O2S. The van der Waals surface area contributed by atoms with E-state index in [2.05, 4.69) is 16.7 Å². The van der Waals surface area contributed by atoms with E-state index in [4.69, 9.17) is 12.2 Å². The van der Waals surface area contributed by atoms with E-state index in [0.29, 0.717) is 12.0 Å². The molecule has 5 heteroatoms. The molecule has 0 saturated heterocycles. The predicted octanol–water partition coefficient (Wildman–Crippen LogP) is 2.34. The summed E-state index contributed by atoms with van der Waals surface area (Å²) in [7, 11) is 0. The highest BCUT2D eigenvalue weighted by Gasteiger charge is 2.28. The lowest BCUT2D eigenvalue weighted by atomic mass is 9.86. The average Bonchev–Trinajstić information content (AvgIpc) is 2.58. The second kappa shape index (κ2) is 6.89. The largest absolute Gasteiger partial charge is 0.391 e. The summed E-state index contributed by atoms with van der Waals surface area (Å²) < 4.78 is 0. The molecule has 1 aliphatic rings. The van der Waals surface area contributed by atoms with Gasteiger partial charge in [0.1, 0.15) is 0 Å². The molecule has 3 rings (SSSR count). The lowest BCUT2D eigenvalue weighted by molar-refractivity contribution is 0.0970. The van der Waals surface area contributed by atoms with Gasteiger partial charge in [-0.2, -0.15) is 0 Å². The van der Waals surface area contributed by atoms with Gasteiger partial charge in [0.05, 0.1) is 12.1 Å². The summed E-state index contributed by atoms with van der Waals surface area (Å²) in [5.74, 6) is -0.262. The number of carbonyl (C=O) groups excluding carboxylic acids is 1. The Morgan fingerprint density at radius 3 is 2.57 bits per heavy atom. The maximum absolute atomic E-state index is 12.1. The number of nitrogens with one attached hydrogen (secondary N) is 2. The number of aliphatic hydroxyl groups is 1. The number of aliphatic hydroxyl groups excluding tert-OH is 1. The fourth-order valence-electron chi connectivity index (χ4n) is 2.86. The van der Waals surface area contributed by atoms with Gasteiger partial charge in [-0.1, -0.05) is 42.5 Å². The first kappa shape index (κ1) is 15.6.